The minimum atomic E-state index is -4.42. The smallest absolute Gasteiger partial charge is 0.416 e. The van der Waals surface area contributed by atoms with Gasteiger partial charge in [0, 0.05) is 23.9 Å². The Kier molecular flexibility index (Phi) is 7.19. The number of hydrogen-bond donors (Lipinski definition) is 2. The molecule has 36 heavy (non-hydrogen) atoms. The highest BCUT2D eigenvalue weighted by Gasteiger charge is 2.32. The van der Waals surface area contributed by atoms with Crippen molar-refractivity contribution < 1.29 is 17.9 Å². The van der Waals surface area contributed by atoms with Crippen molar-refractivity contribution in [1.29, 1.82) is 0 Å². The summed E-state index contributed by atoms with van der Waals surface area (Å²) in [6.45, 7) is 5.94. The number of alkyl halides is 3. The lowest BCUT2D eigenvalue weighted by atomic mass is 9.79. The molecule has 0 radical (unpaired) electrons. The van der Waals surface area contributed by atoms with E-state index >= 15 is 0 Å². The fourth-order valence-electron chi connectivity index (χ4n) is 4.42. The molecule has 3 aromatic rings. The van der Waals surface area contributed by atoms with Crippen molar-refractivity contribution in [3.05, 3.63) is 96.0 Å². The number of allylic oxidation sites excluding steroid dienone is 1. The fraction of sp³-hybridized carbons (Fsp3) is 0.259. The van der Waals surface area contributed by atoms with Crippen LogP contribution in [0.1, 0.15) is 42.0 Å². The second-order valence-corrected chi connectivity index (χ2v) is 8.64. The van der Waals surface area contributed by atoms with Gasteiger partial charge in [-0.25, -0.2) is 9.98 Å². The van der Waals surface area contributed by atoms with Gasteiger partial charge in [-0.1, -0.05) is 24.8 Å². The molecule has 1 saturated carbocycles. The van der Waals surface area contributed by atoms with Gasteiger partial charge < -0.3 is 20.4 Å². The van der Waals surface area contributed by atoms with Crippen LogP contribution in [-0.2, 0) is 6.18 Å². The number of anilines is 1. The van der Waals surface area contributed by atoms with E-state index in [2.05, 4.69) is 16.9 Å². The van der Waals surface area contributed by atoms with Gasteiger partial charge in [0.25, 0.3) is 0 Å². The highest BCUT2D eigenvalue weighted by atomic mass is 19.4. The molecular formula is C27H28F3N5O. The van der Waals surface area contributed by atoms with Gasteiger partial charge in [0.2, 0.25) is 0 Å². The average Bonchev–Trinajstić information content (AvgIpc) is 3.29. The van der Waals surface area contributed by atoms with Gasteiger partial charge in [0.1, 0.15) is 11.6 Å². The van der Waals surface area contributed by atoms with Crippen molar-refractivity contribution in [3.8, 4) is 11.4 Å². The predicted octanol–water partition coefficient (Wildman–Crippen LogP) is 6.34. The molecule has 0 amide bonds. The van der Waals surface area contributed by atoms with Crippen LogP contribution in [0.3, 0.4) is 0 Å². The Hall–Kier alpha value is -4.01. The van der Waals surface area contributed by atoms with Crippen LogP contribution >= 0.6 is 0 Å². The highest BCUT2D eigenvalue weighted by molar-refractivity contribution is 6.06. The van der Waals surface area contributed by atoms with Crippen LogP contribution in [0.5, 0.6) is 5.75 Å². The fourth-order valence-corrected chi connectivity index (χ4v) is 4.42. The minimum absolute atomic E-state index is 0.323. The maximum absolute atomic E-state index is 13.3. The van der Waals surface area contributed by atoms with Crippen LogP contribution in [0.25, 0.3) is 5.69 Å². The third kappa shape index (κ3) is 5.45. The summed E-state index contributed by atoms with van der Waals surface area (Å²) in [6.07, 6.45) is 2.84. The maximum Gasteiger partial charge on any atom is 0.416 e. The number of nitrogens with zero attached hydrogens (tertiary/aromatic N) is 3. The van der Waals surface area contributed by atoms with Crippen molar-refractivity contribution in [3.63, 3.8) is 0 Å². The summed E-state index contributed by atoms with van der Waals surface area (Å²) in [6, 6.07) is 11.0. The van der Waals surface area contributed by atoms with Gasteiger partial charge in [-0.2, -0.15) is 13.2 Å². The van der Waals surface area contributed by atoms with Crippen LogP contribution in [0.2, 0.25) is 0 Å². The number of benzene rings is 2. The monoisotopic (exact) mass is 495 g/mol. The number of aromatic nitrogens is 2. The molecule has 0 saturated heterocycles. The van der Waals surface area contributed by atoms with E-state index in [1.165, 1.54) is 18.3 Å². The van der Waals surface area contributed by atoms with Crippen molar-refractivity contribution in [2.45, 2.75) is 38.3 Å². The molecule has 1 fully saturated rings. The van der Waals surface area contributed by atoms with Crippen LogP contribution in [0.4, 0.5) is 18.9 Å². The number of nitrogens with two attached hydrogens (primary N) is 1. The third-order valence-electron chi connectivity index (χ3n) is 6.13. The van der Waals surface area contributed by atoms with Gasteiger partial charge in [-0.05, 0) is 61.7 Å². The Bertz CT molecular complexity index is 1320. The van der Waals surface area contributed by atoms with E-state index in [9.17, 15) is 13.2 Å². The Morgan fingerprint density at radius 2 is 2.08 bits per heavy atom. The number of methoxy groups -OCH3 is 1. The third-order valence-corrected chi connectivity index (χ3v) is 6.13. The first-order chi connectivity index (χ1) is 17.2. The SMILES string of the molecule is C=C(N=C1/C(=C\N)CCCC1c1cccc(C(F)(F)F)c1)Nc1ccc(-n2cnc(C)c2)c(OC)c1. The Balaban J connectivity index is 1.62. The number of rotatable bonds is 6. The number of hydrogen-bond acceptors (Lipinski definition) is 5. The summed E-state index contributed by atoms with van der Waals surface area (Å²) in [7, 11) is 1.58. The van der Waals surface area contributed by atoms with Crippen LogP contribution < -0.4 is 15.8 Å². The van der Waals surface area contributed by atoms with Gasteiger partial charge in [-0.15, -0.1) is 0 Å². The second-order valence-electron chi connectivity index (χ2n) is 8.64. The molecule has 0 aliphatic heterocycles. The van der Waals surface area contributed by atoms with E-state index in [0.717, 1.165) is 29.4 Å². The van der Waals surface area contributed by atoms with Crippen molar-refractivity contribution in [2.75, 3.05) is 12.4 Å². The standard InChI is InChI=1S/C27H28F3N5O/c1-17-15-35(16-32-17)24-11-10-22(13-25(24)36-3)33-18(2)34-26-20(14-31)7-5-9-23(26)19-6-4-8-21(12-19)27(28,29)30/h4,6,8,10-16,23,33H,2,5,7,9,31H2,1,3H3/b20-14-,34-26?. The van der Waals surface area contributed by atoms with Gasteiger partial charge in [0.15, 0.2) is 0 Å². The molecule has 1 unspecified atom stereocenters. The number of nitrogens with one attached hydrogen (secondary N) is 1. The van der Waals surface area contributed by atoms with E-state index < -0.39 is 11.7 Å². The molecule has 188 valence electrons. The zero-order valence-electron chi connectivity index (χ0n) is 20.1. The van der Waals surface area contributed by atoms with Crippen molar-refractivity contribution in [1.82, 2.24) is 9.55 Å². The summed E-state index contributed by atoms with van der Waals surface area (Å²) in [4.78, 5) is 8.95. The first-order valence-electron chi connectivity index (χ1n) is 11.5. The molecule has 0 spiro atoms. The molecule has 3 N–H and O–H groups in total. The first kappa shape index (κ1) is 25.1. The molecule has 6 nitrogen and oxygen atoms in total. The van der Waals surface area contributed by atoms with E-state index in [1.807, 2.05) is 35.9 Å². The van der Waals surface area contributed by atoms with Gasteiger partial charge >= 0.3 is 6.18 Å². The normalized spacial score (nSPS) is 18.4. The lowest BCUT2D eigenvalue weighted by molar-refractivity contribution is -0.137. The zero-order valence-corrected chi connectivity index (χ0v) is 20.1. The van der Waals surface area contributed by atoms with Crippen molar-refractivity contribution >= 4 is 11.4 Å². The highest BCUT2D eigenvalue weighted by Crippen LogP contribution is 2.37. The molecular weight excluding hydrogens is 467 g/mol. The van der Waals surface area contributed by atoms with Gasteiger partial charge in [0.05, 0.1) is 36.1 Å². The first-order valence-corrected chi connectivity index (χ1v) is 11.5. The van der Waals surface area contributed by atoms with Crippen LogP contribution in [0, 0.1) is 6.92 Å². The summed E-state index contributed by atoms with van der Waals surface area (Å²) in [5.74, 6) is 0.646. The number of aliphatic imine (C=N–C) groups is 1. The van der Waals surface area contributed by atoms with Crippen LogP contribution in [0.15, 0.2) is 84.2 Å². The lowest BCUT2D eigenvalue weighted by Crippen LogP contribution is -2.22. The summed E-state index contributed by atoms with van der Waals surface area (Å²) < 4.78 is 47.4. The maximum atomic E-state index is 13.3. The largest absolute Gasteiger partial charge is 0.494 e. The van der Waals surface area contributed by atoms with E-state index in [0.29, 0.717) is 41.4 Å². The summed E-state index contributed by atoms with van der Waals surface area (Å²) in [5, 5.41) is 3.17. The molecule has 1 atom stereocenters. The molecule has 1 heterocycles. The quantitative estimate of drug-likeness (QED) is 0.418. The van der Waals surface area contributed by atoms with E-state index in [4.69, 9.17) is 15.5 Å². The van der Waals surface area contributed by atoms with Crippen molar-refractivity contribution in [2.24, 2.45) is 10.7 Å². The van der Waals surface area contributed by atoms with Crippen LogP contribution in [-0.4, -0.2) is 22.4 Å². The summed E-state index contributed by atoms with van der Waals surface area (Å²) >= 11 is 0. The predicted molar refractivity (Wildman–Crippen MR) is 135 cm³/mol. The Morgan fingerprint density at radius 1 is 1.28 bits per heavy atom. The molecule has 1 aliphatic carbocycles. The number of aryl methyl sites for hydroxylation is 1. The molecule has 2 aromatic carbocycles. The van der Waals surface area contributed by atoms with E-state index in [1.54, 1.807) is 19.5 Å². The average molecular weight is 496 g/mol. The molecule has 1 aromatic heterocycles. The Morgan fingerprint density at radius 3 is 2.75 bits per heavy atom. The minimum Gasteiger partial charge on any atom is -0.494 e. The number of imidazole rings is 1. The van der Waals surface area contributed by atoms with E-state index in [-0.39, 0.29) is 5.92 Å². The second kappa shape index (κ2) is 10.3. The van der Waals surface area contributed by atoms with Gasteiger partial charge in [-0.3, -0.25) is 0 Å². The number of ether oxygens (including phenoxy) is 1. The number of halogens is 3. The molecule has 1 aliphatic rings. The molecule has 9 heteroatoms. The lowest BCUT2D eigenvalue weighted by Gasteiger charge is -2.27. The molecule has 4 rings (SSSR count). The summed E-state index contributed by atoms with van der Waals surface area (Å²) in [5.41, 5.74) is 9.58. The Labute approximate surface area is 208 Å². The zero-order chi connectivity index (χ0) is 25.9. The topological polar surface area (TPSA) is 77.5 Å². The molecule has 0 bridgehead atoms.